The number of benzene rings is 1. The van der Waals surface area contributed by atoms with Gasteiger partial charge in [0.05, 0.1) is 0 Å². The molecule has 0 spiro atoms. The van der Waals surface area contributed by atoms with Crippen LogP contribution in [0.1, 0.15) is 11.1 Å². The highest BCUT2D eigenvalue weighted by Crippen LogP contribution is 2.21. The quantitative estimate of drug-likeness (QED) is 0.708. The van der Waals surface area contributed by atoms with Gasteiger partial charge < -0.3 is 4.90 Å². The molecule has 1 saturated heterocycles. The van der Waals surface area contributed by atoms with Crippen LogP contribution in [0.4, 0.5) is 0 Å². The SMILES string of the molecule is C=CC(=O)N1CC(Cc2cccc(C)c2)C1. The number of likely N-dealkylation sites (tertiary alicyclic amines) is 1. The van der Waals surface area contributed by atoms with E-state index in [0.717, 1.165) is 19.5 Å². The number of amides is 1. The minimum Gasteiger partial charge on any atom is -0.338 e. The number of rotatable bonds is 3. The highest BCUT2D eigenvalue weighted by Gasteiger charge is 2.28. The first-order valence-corrected chi connectivity index (χ1v) is 5.66. The Morgan fingerprint density at radius 2 is 2.31 bits per heavy atom. The second-order valence-corrected chi connectivity index (χ2v) is 4.51. The second kappa shape index (κ2) is 4.52. The zero-order valence-corrected chi connectivity index (χ0v) is 9.65. The average Bonchev–Trinajstić information content (AvgIpc) is 2.22. The Labute approximate surface area is 96.6 Å². The lowest BCUT2D eigenvalue weighted by Gasteiger charge is -2.38. The molecule has 16 heavy (non-hydrogen) atoms. The predicted octanol–water partition coefficient (Wildman–Crippen LogP) is 2.18. The topological polar surface area (TPSA) is 20.3 Å². The summed E-state index contributed by atoms with van der Waals surface area (Å²) in [6, 6.07) is 8.58. The van der Waals surface area contributed by atoms with Crippen molar-refractivity contribution >= 4 is 5.91 Å². The first-order chi connectivity index (χ1) is 7.69. The molecule has 1 aliphatic rings. The monoisotopic (exact) mass is 215 g/mol. The molecule has 0 bridgehead atoms. The molecule has 0 aromatic heterocycles. The number of hydrogen-bond donors (Lipinski definition) is 0. The van der Waals surface area contributed by atoms with Crippen LogP contribution in [0.15, 0.2) is 36.9 Å². The Hall–Kier alpha value is -1.57. The van der Waals surface area contributed by atoms with Crippen molar-refractivity contribution in [2.75, 3.05) is 13.1 Å². The summed E-state index contributed by atoms with van der Waals surface area (Å²) in [5.74, 6) is 0.672. The molecule has 0 saturated carbocycles. The van der Waals surface area contributed by atoms with Crippen LogP contribution < -0.4 is 0 Å². The zero-order chi connectivity index (χ0) is 11.5. The molecule has 0 atom stereocenters. The maximum atomic E-state index is 11.3. The molecule has 1 amide bonds. The van der Waals surface area contributed by atoms with Crippen molar-refractivity contribution in [2.45, 2.75) is 13.3 Å². The van der Waals surface area contributed by atoms with Crippen LogP contribution in [0.5, 0.6) is 0 Å². The standard InChI is InChI=1S/C14H17NO/c1-3-14(16)15-9-13(10-15)8-12-6-4-5-11(2)7-12/h3-7,13H,1,8-10H2,2H3. The van der Waals surface area contributed by atoms with Crippen LogP contribution in [0.3, 0.4) is 0 Å². The minimum atomic E-state index is 0.0560. The summed E-state index contributed by atoms with van der Waals surface area (Å²) >= 11 is 0. The Balaban J connectivity index is 1.86. The van der Waals surface area contributed by atoms with Gasteiger partial charge in [-0.1, -0.05) is 36.4 Å². The van der Waals surface area contributed by atoms with Crippen LogP contribution in [0.2, 0.25) is 0 Å². The van der Waals surface area contributed by atoms with Crippen molar-refractivity contribution in [3.63, 3.8) is 0 Å². The van der Waals surface area contributed by atoms with E-state index in [1.165, 1.54) is 17.2 Å². The normalized spacial score (nSPS) is 15.7. The molecule has 2 rings (SSSR count). The highest BCUT2D eigenvalue weighted by atomic mass is 16.2. The fraction of sp³-hybridized carbons (Fsp3) is 0.357. The van der Waals surface area contributed by atoms with E-state index in [1.807, 2.05) is 4.90 Å². The van der Waals surface area contributed by atoms with Gasteiger partial charge in [-0.2, -0.15) is 0 Å². The molecule has 2 nitrogen and oxygen atoms in total. The number of nitrogens with zero attached hydrogens (tertiary/aromatic N) is 1. The van der Waals surface area contributed by atoms with E-state index in [2.05, 4.69) is 37.8 Å². The highest BCUT2D eigenvalue weighted by molar-refractivity contribution is 5.87. The molecule has 0 radical (unpaired) electrons. The van der Waals surface area contributed by atoms with E-state index in [9.17, 15) is 4.79 Å². The summed E-state index contributed by atoms with van der Waals surface area (Å²) in [5, 5.41) is 0. The van der Waals surface area contributed by atoms with Gasteiger partial charge in [0.1, 0.15) is 0 Å². The van der Waals surface area contributed by atoms with E-state index >= 15 is 0 Å². The van der Waals surface area contributed by atoms with Crippen molar-refractivity contribution < 1.29 is 4.79 Å². The molecule has 0 unspecified atom stereocenters. The number of aryl methyl sites for hydroxylation is 1. The Morgan fingerprint density at radius 3 is 2.94 bits per heavy atom. The van der Waals surface area contributed by atoms with Gasteiger partial charge in [-0.05, 0) is 30.9 Å². The first-order valence-electron chi connectivity index (χ1n) is 5.66. The fourth-order valence-electron chi connectivity index (χ4n) is 2.18. The Morgan fingerprint density at radius 1 is 1.56 bits per heavy atom. The molecule has 1 aromatic carbocycles. The van der Waals surface area contributed by atoms with Crippen LogP contribution in [-0.4, -0.2) is 23.9 Å². The van der Waals surface area contributed by atoms with Gasteiger partial charge in [0, 0.05) is 13.1 Å². The number of hydrogen-bond acceptors (Lipinski definition) is 1. The fourth-order valence-corrected chi connectivity index (χ4v) is 2.18. The lowest BCUT2D eigenvalue weighted by atomic mass is 9.91. The van der Waals surface area contributed by atoms with Crippen molar-refractivity contribution in [1.29, 1.82) is 0 Å². The van der Waals surface area contributed by atoms with Crippen LogP contribution >= 0.6 is 0 Å². The number of carbonyl (C=O) groups is 1. The predicted molar refractivity (Wildman–Crippen MR) is 65.2 cm³/mol. The third-order valence-electron chi connectivity index (χ3n) is 3.05. The maximum absolute atomic E-state index is 11.3. The van der Waals surface area contributed by atoms with Gasteiger partial charge in [0.25, 0.3) is 0 Å². The van der Waals surface area contributed by atoms with Gasteiger partial charge >= 0.3 is 0 Å². The molecule has 2 heteroatoms. The molecule has 1 aromatic rings. The minimum absolute atomic E-state index is 0.0560. The lowest BCUT2D eigenvalue weighted by Crippen LogP contribution is -2.50. The molecule has 0 N–H and O–H groups in total. The summed E-state index contributed by atoms with van der Waals surface area (Å²) in [7, 11) is 0. The van der Waals surface area contributed by atoms with Crippen molar-refractivity contribution in [1.82, 2.24) is 4.90 Å². The van der Waals surface area contributed by atoms with Crippen molar-refractivity contribution in [3.05, 3.63) is 48.0 Å². The van der Waals surface area contributed by atoms with Crippen LogP contribution in [0, 0.1) is 12.8 Å². The van der Waals surface area contributed by atoms with Gasteiger partial charge in [0.15, 0.2) is 0 Å². The van der Waals surface area contributed by atoms with Crippen molar-refractivity contribution in [3.8, 4) is 0 Å². The average molecular weight is 215 g/mol. The lowest BCUT2D eigenvalue weighted by molar-refractivity contribution is -0.132. The third kappa shape index (κ3) is 2.32. The summed E-state index contributed by atoms with van der Waals surface area (Å²) in [5.41, 5.74) is 2.67. The van der Waals surface area contributed by atoms with Gasteiger partial charge in [-0.15, -0.1) is 0 Å². The summed E-state index contributed by atoms with van der Waals surface area (Å²) in [6.45, 7) is 7.35. The summed E-state index contributed by atoms with van der Waals surface area (Å²) < 4.78 is 0. The van der Waals surface area contributed by atoms with E-state index in [4.69, 9.17) is 0 Å². The van der Waals surface area contributed by atoms with E-state index in [0.29, 0.717) is 5.92 Å². The molecular weight excluding hydrogens is 198 g/mol. The Kier molecular flexibility index (Phi) is 3.09. The van der Waals surface area contributed by atoms with E-state index < -0.39 is 0 Å². The van der Waals surface area contributed by atoms with Crippen molar-refractivity contribution in [2.24, 2.45) is 5.92 Å². The maximum Gasteiger partial charge on any atom is 0.245 e. The molecule has 1 heterocycles. The molecular formula is C14H17NO. The number of carbonyl (C=O) groups excluding carboxylic acids is 1. The Bertz CT molecular complexity index is 405. The van der Waals surface area contributed by atoms with E-state index in [1.54, 1.807) is 0 Å². The molecule has 1 aliphatic heterocycles. The molecule has 1 fully saturated rings. The van der Waals surface area contributed by atoms with Gasteiger partial charge in [0.2, 0.25) is 5.91 Å². The second-order valence-electron chi connectivity index (χ2n) is 4.51. The summed E-state index contributed by atoms with van der Waals surface area (Å²) in [6.07, 6.45) is 2.46. The zero-order valence-electron chi connectivity index (χ0n) is 9.65. The molecule has 84 valence electrons. The smallest absolute Gasteiger partial charge is 0.245 e. The van der Waals surface area contributed by atoms with Crippen LogP contribution in [0.25, 0.3) is 0 Å². The largest absolute Gasteiger partial charge is 0.338 e. The van der Waals surface area contributed by atoms with Crippen LogP contribution in [-0.2, 0) is 11.2 Å². The van der Waals surface area contributed by atoms with Gasteiger partial charge in [-0.3, -0.25) is 4.79 Å². The summed E-state index contributed by atoms with van der Waals surface area (Å²) in [4.78, 5) is 13.1. The van der Waals surface area contributed by atoms with E-state index in [-0.39, 0.29) is 5.91 Å². The van der Waals surface area contributed by atoms with Gasteiger partial charge in [-0.25, -0.2) is 0 Å². The first kappa shape index (κ1) is 10.9. The third-order valence-corrected chi connectivity index (χ3v) is 3.05. The molecule has 0 aliphatic carbocycles.